The van der Waals surface area contributed by atoms with Crippen molar-refractivity contribution in [3.63, 3.8) is 0 Å². The summed E-state index contributed by atoms with van der Waals surface area (Å²) in [5, 5.41) is 0. The van der Waals surface area contributed by atoms with Crippen LogP contribution in [0.5, 0.6) is 0 Å². The van der Waals surface area contributed by atoms with Crippen molar-refractivity contribution < 1.29 is 16.8 Å². The van der Waals surface area contributed by atoms with Crippen LogP contribution in [0.4, 0.5) is 0 Å². The van der Waals surface area contributed by atoms with Crippen LogP contribution >= 0.6 is 0 Å². The Bertz CT molecular complexity index is 652. The highest BCUT2D eigenvalue weighted by Gasteiger charge is 2.21. The number of benzene rings is 1. The number of aryl methyl sites for hydroxylation is 1. The third-order valence-electron chi connectivity index (χ3n) is 3.08. The van der Waals surface area contributed by atoms with E-state index in [9.17, 15) is 16.8 Å². The minimum Gasteiger partial charge on any atom is -0.330 e. The molecule has 0 spiro atoms. The van der Waals surface area contributed by atoms with Gasteiger partial charge in [0.2, 0.25) is 10.0 Å². The van der Waals surface area contributed by atoms with Crippen LogP contribution in [0.2, 0.25) is 0 Å². The molecule has 8 heteroatoms. The van der Waals surface area contributed by atoms with Gasteiger partial charge in [0.15, 0.2) is 0 Å². The Morgan fingerprint density at radius 2 is 1.67 bits per heavy atom. The van der Waals surface area contributed by atoms with Crippen molar-refractivity contribution in [1.82, 2.24) is 4.31 Å². The third kappa shape index (κ3) is 5.74. The predicted octanol–water partition coefficient (Wildman–Crippen LogP) is 0.243. The Hall–Kier alpha value is -0.960. The van der Waals surface area contributed by atoms with Gasteiger partial charge in [-0.1, -0.05) is 12.1 Å². The van der Waals surface area contributed by atoms with Gasteiger partial charge in [0.05, 0.1) is 10.6 Å². The summed E-state index contributed by atoms with van der Waals surface area (Å²) < 4.78 is 47.9. The third-order valence-corrected chi connectivity index (χ3v) is 5.87. The summed E-state index contributed by atoms with van der Waals surface area (Å²) in [5.41, 5.74) is 6.46. The molecule has 0 heterocycles. The quantitative estimate of drug-likeness (QED) is 0.734. The lowest BCUT2D eigenvalue weighted by molar-refractivity contribution is 0.485. The molecule has 0 aromatic heterocycles. The van der Waals surface area contributed by atoms with Crippen molar-refractivity contribution in [3.8, 4) is 0 Å². The molecular formula is C13H22N2O4S2. The zero-order valence-electron chi connectivity index (χ0n) is 12.3. The van der Waals surface area contributed by atoms with E-state index in [1.165, 1.54) is 19.2 Å². The monoisotopic (exact) mass is 334 g/mol. The smallest absolute Gasteiger partial charge is 0.242 e. The molecular weight excluding hydrogens is 312 g/mol. The summed E-state index contributed by atoms with van der Waals surface area (Å²) in [7, 11) is -5.47. The van der Waals surface area contributed by atoms with E-state index >= 15 is 0 Å². The van der Waals surface area contributed by atoms with Crippen molar-refractivity contribution in [2.45, 2.75) is 17.7 Å². The molecule has 1 aromatic carbocycles. The Labute approximate surface area is 126 Å². The summed E-state index contributed by atoms with van der Waals surface area (Å²) in [5.74, 6) is -0.197. The fourth-order valence-electron chi connectivity index (χ4n) is 1.73. The molecule has 21 heavy (non-hydrogen) atoms. The maximum Gasteiger partial charge on any atom is 0.242 e. The first kappa shape index (κ1) is 18.1. The molecule has 0 bridgehead atoms. The standard InChI is InChI=1S/C13H22N2O4S2/c1-15(10-11-20(2,16)17)21(18,19)13-7-5-12(6-8-13)4-3-9-14/h5-8H,3-4,9-11,14H2,1-2H3. The van der Waals surface area contributed by atoms with Crippen LogP contribution < -0.4 is 5.73 Å². The second-order valence-corrected chi connectivity index (χ2v) is 9.30. The maximum absolute atomic E-state index is 12.3. The first-order chi connectivity index (χ1) is 9.66. The Kier molecular flexibility index (Phi) is 6.33. The minimum atomic E-state index is -3.65. The van der Waals surface area contributed by atoms with E-state index in [4.69, 9.17) is 5.73 Å². The maximum atomic E-state index is 12.3. The van der Waals surface area contributed by atoms with Crippen molar-refractivity contribution in [1.29, 1.82) is 0 Å². The van der Waals surface area contributed by atoms with Gasteiger partial charge in [-0.3, -0.25) is 0 Å². The SMILES string of the molecule is CN(CCS(C)(=O)=O)S(=O)(=O)c1ccc(CCCN)cc1. The van der Waals surface area contributed by atoms with Gasteiger partial charge in [-0.15, -0.1) is 0 Å². The number of nitrogens with two attached hydrogens (primary N) is 1. The van der Waals surface area contributed by atoms with Gasteiger partial charge in [-0.2, -0.15) is 4.31 Å². The fourth-order valence-corrected chi connectivity index (χ4v) is 3.62. The van der Waals surface area contributed by atoms with Gasteiger partial charge in [-0.25, -0.2) is 16.8 Å². The minimum absolute atomic E-state index is 0.0594. The Morgan fingerprint density at radius 1 is 1.10 bits per heavy atom. The largest absolute Gasteiger partial charge is 0.330 e. The lowest BCUT2D eigenvalue weighted by Gasteiger charge is -2.16. The molecule has 1 rings (SSSR count). The number of nitrogens with zero attached hydrogens (tertiary/aromatic N) is 1. The van der Waals surface area contributed by atoms with Crippen LogP contribution in [-0.4, -0.2) is 53.3 Å². The second-order valence-electron chi connectivity index (χ2n) is 4.99. The molecule has 0 amide bonds. The highest BCUT2D eigenvalue weighted by molar-refractivity contribution is 7.91. The zero-order chi connectivity index (χ0) is 16.1. The number of sulfonamides is 1. The van der Waals surface area contributed by atoms with Gasteiger partial charge in [0.1, 0.15) is 9.84 Å². The molecule has 0 saturated carbocycles. The topological polar surface area (TPSA) is 97.5 Å². The van der Waals surface area contributed by atoms with Gasteiger partial charge >= 0.3 is 0 Å². The normalized spacial score (nSPS) is 12.8. The lowest BCUT2D eigenvalue weighted by Crippen LogP contribution is -2.31. The summed E-state index contributed by atoms with van der Waals surface area (Å²) in [6, 6.07) is 6.59. The molecule has 0 fully saturated rings. The van der Waals surface area contributed by atoms with Gasteiger partial charge in [0, 0.05) is 19.8 Å². The molecule has 0 aliphatic carbocycles. The lowest BCUT2D eigenvalue weighted by atomic mass is 10.1. The van der Waals surface area contributed by atoms with Crippen LogP contribution in [0, 0.1) is 0 Å². The van der Waals surface area contributed by atoms with E-state index in [0.29, 0.717) is 6.54 Å². The van der Waals surface area contributed by atoms with Crippen LogP contribution in [0.3, 0.4) is 0 Å². The van der Waals surface area contributed by atoms with Crippen molar-refractivity contribution in [2.24, 2.45) is 5.73 Å². The van der Waals surface area contributed by atoms with E-state index in [0.717, 1.165) is 29.0 Å². The van der Waals surface area contributed by atoms with Crippen LogP contribution in [-0.2, 0) is 26.3 Å². The summed E-state index contributed by atoms with van der Waals surface area (Å²) in [4.78, 5) is 0.162. The van der Waals surface area contributed by atoms with Gasteiger partial charge in [-0.05, 0) is 37.1 Å². The van der Waals surface area contributed by atoms with E-state index in [1.807, 2.05) is 0 Å². The summed E-state index contributed by atoms with van der Waals surface area (Å²) in [6.07, 6.45) is 2.74. The number of sulfone groups is 1. The average Bonchev–Trinajstić information content (AvgIpc) is 2.42. The number of hydrogen-bond donors (Lipinski definition) is 1. The molecule has 1 aromatic rings. The first-order valence-corrected chi connectivity index (χ1v) is 10.1. The average molecular weight is 334 g/mol. The molecule has 0 aliphatic heterocycles. The van der Waals surface area contributed by atoms with E-state index in [-0.39, 0.29) is 17.2 Å². The van der Waals surface area contributed by atoms with Crippen LogP contribution in [0.15, 0.2) is 29.2 Å². The van der Waals surface area contributed by atoms with Crippen LogP contribution in [0.25, 0.3) is 0 Å². The number of hydrogen-bond acceptors (Lipinski definition) is 5. The molecule has 2 N–H and O–H groups in total. The van der Waals surface area contributed by atoms with Crippen molar-refractivity contribution in [2.75, 3.05) is 32.1 Å². The molecule has 120 valence electrons. The Morgan fingerprint density at radius 3 is 2.14 bits per heavy atom. The predicted molar refractivity (Wildman–Crippen MR) is 83.3 cm³/mol. The highest BCUT2D eigenvalue weighted by atomic mass is 32.2. The van der Waals surface area contributed by atoms with Crippen LogP contribution in [0.1, 0.15) is 12.0 Å². The van der Waals surface area contributed by atoms with E-state index in [1.54, 1.807) is 12.1 Å². The van der Waals surface area contributed by atoms with E-state index in [2.05, 4.69) is 0 Å². The molecule has 0 unspecified atom stereocenters. The van der Waals surface area contributed by atoms with Crippen molar-refractivity contribution >= 4 is 19.9 Å². The fraction of sp³-hybridized carbons (Fsp3) is 0.538. The molecule has 0 radical (unpaired) electrons. The number of rotatable bonds is 8. The molecule has 6 nitrogen and oxygen atoms in total. The van der Waals surface area contributed by atoms with Crippen molar-refractivity contribution in [3.05, 3.63) is 29.8 Å². The highest BCUT2D eigenvalue weighted by Crippen LogP contribution is 2.16. The first-order valence-electron chi connectivity index (χ1n) is 6.60. The van der Waals surface area contributed by atoms with E-state index < -0.39 is 19.9 Å². The second kappa shape index (κ2) is 7.35. The molecule has 0 atom stereocenters. The zero-order valence-corrected chi connectivity index (χ0v) is 14.0. The summed E-state index contributed by atoms with van der Waals surface area (Å²) >= 11 is 0. The Balaban J connectivity index is 2.82. The van der Waals surface area contributed by atoms with Gasteiger partial charge in [0.25, 0.3) is 0 Å². The summed E-state index contributed by atoms with van der Waals surface area (Å²) in [6.45, 7) is 0.532. The molecule has 0 saturated heterocycles. The van der Waals surface area contributed by atoms with Gasteiger partial charge < -0.3 is 5.73 Å². The molecule has 0 aliphatic rings.